The lowest BCUT2D eigenvalue weighted by atomic mass is 9.98. The molecule has 0 radical (unpaired) electrons. The second kappa shape index (κ2) is 8.02. The van der Waals surface area contributed by atoms with E-state index in [-0.39, 0.29) is 5.28 Å². The molecule has 0 amide bonds. The van der Waals surface area contributed by atoms with Gasteiger partial charge in [0.2, 0.25) is 5.28 Å². The zero-order chi connectivity index (χ0) is 21.2. The van der Waals surface area contributed by atoms with Crippen LogP contribution in [0, 0.1) is 11.3 Å². The zero-order valence-corrected chi connectivity index (χ0v) is 17.2. The molecule has 5 aromatic rings. The first-order valence-electron chi connectivity index (χ1n) is 9.85. The minimum Gasteiger partial charge on any atom is -0.218 e. The van der Waals surface area contributed by atoms with Crippen molar-refractivity contribution in [3.8, 4) is 39.6 Å². The van der Waals surface area contributed by atoms with Crippen LogP contribution in [0.5, 0.6) is 0 Å². The summed E-state index contributed by atoms with van der Waals surface area (Å²) in [4.78, 5) is 8.87. The highest BCUT2D eigenvalue weighted by Crippen LogP contribution is 2.32. The normalized spacial score (nSPS) is 10.7. The molecule has 0 aliphatic carbocycles. The van der Waals surface area contributed by atoms with E-state index in [1.165, 1.54) is 11.1 Å². The highest BCUT2D eigenvalue weighted by molar-refractivity contribution is 6.28. The highest BCUT2D eigenvalue weighted by atomic mass is 35.5. The maximum Gasteiger partial charge on any atom is 0.223 e. The Morgan fingerprint density at radius 1 is 0.613 bits per heavy atom. The van der Waals surface area contributed by atoms with Gasteiger partial charge in [0.15, 0.2) is 0 Å². The topological polar surface area (TPSA) is 49.6 Å². The molecule has 0 aliphatic heterocycles. The number of nitrogens with zero attached hydrogens (tertiary/aromatic N) is 3. The summed E-state index contributed by atoms with van der Waals surface area (Å²) in [6.45, 7) is 0. The Kier molecular flexibility index (Phi) is 4.92. The molecule has 1 aromatic heterocycles. The van der Waals surface area contributed by atoms with Gasteiger partial charge in [-0.25, -0.2) is 9.97 Å². The number of halogens is 1. The lowest BCUT2D eigenvalue weighted by Gasteiger charge is -2.10. The third-order valence-electron chi connectivity index (χ3n) is 5.28. The lowest BCUT2D eigenvalue weighted by molar-refractivity contribution is 1.22. The summed E-state index contributed by atoms with van der Waals surface area (Å²) >= 11 is 6.19. The van der Waals surface area contributed by atoms with Gasteiger partial charge >= 0.3 is 0 Å². The van der Waals surface area contributed by atoms with Gasteiger partial charge in [0.25, 0.3) is 0 Å². The van der Waals surface area contributed by atoms with Gasteiger partial charge in [-0.05, 0) is 58.1 Å². The Morgan fingerprint density at radius 3 is 1.87 bits per heavy atom. The molecule has 3 nitrogen and oxygen atoms in total. The first kappa shape index (κ1) is 19.0. The summed E-state index contributed by atoms with van der Waals surface area (Å²) in [5.74, 6) is 0. The van der Waals surface area contributed by atoms with Crippen molar-refractivity contribution >= 4 is 22.5 Å². The third-order valence-corrected chi connectivity index (χ3v) is 5.45. The second-order valence-corrected chi connectivity index (χ2v) is 7.54. The molecule has 0 fully saturated rings. The summed E-state index contributed by atoms with van der Waals surface area (Å²) < 4.78 is 0. The lowest BCUT2D eigenvalue weighted by Crippen LogP contribution is -1.92. The molecule has 1 heterocycles. The average Bonchev–Trinajstić information content (AvgIpc) is 2.84. The molecule has 4 aromatic carbocycles. The molecule has 0 spiro atoms. The van der Waals surface area contributed by atoms with Crippen LogP contribution in [-0.4, -0.2) is 9.97 Å². The third kappa shape index (κ3) is 3.77. The van der Waals surface area contributed by atoms with Gasteiger partial charge < -0.3 is 0 Å². The van der Waals surface area contributed by atoms with Gasteiger partial charge in [-0.2, -0.15) is 5.26 Å². The number of nitriles is 1. The van der Waals surface area contributed by atoms with Gasteiger partial charge in [0, 0.05) is 10.9 Å². The average molecular weight is 418 g/mol. The van der Waals surface area contributed by atoms with E-state index in [1.807, 2.05) is 42.5 Å². The van der Waals surface area contributed by atoms with Crippen molar-refractivity contribution in [2.24, 2.45) is 0 Å². The number of rotatable bonds is 3. The van der Waals surface area contributed by atoms with Gasteiger partial charge in [-0.1, -0.05) is 72.8 Å². The van der Waals surface area contributed by atoms with Gasteiger partial charge in [-0.3, -0.25) is 0 Å². The molecule has 0 aliphatic rings. The molecule has 0 unspecified atom stereocenters. The standard InChI is InChI=1S/C27H16ClN3/c28-27-30-25-15-14-23(21-12-10-20(11-13-21)19-4-2-1-3-5-19)16-24(25)26(31-27)22-8-6-18(17-29)7-9-22/h1-16H. The first-order chi connectivity index (χ1) is 15.2. The molecule has 5 rings (SSSR count). The number of hydrogen-bond acceptors (Lipinski definition) is 3. The van der Waals surface area contributed by atoms with Crippen molar-refractivity contribution in [2.45, 2.75) is 0 Å². The van der Waals surface area contributed by atoms with E-state index in [1.54, 1.807) is 12.1 Å². The molecular formula is C27H16ClN3. The van der Waals surface area contributed by atoms with Crippen LogP contribution in [0.15, 0.2) is 97.1 Å². The van der Waals surface area contributed by atoms with E-state index in [2.05, 4.69) is 58.5 Å². The first-order valence-corrected chi connectivity index (χ1v) is 10.2. The monoisotopic (exact) mass is 417 g/mol. The largest absolute Gasteiger partial charge is 0.223 e. The Morgan fingerprint density at radius 2 is 1.19 bits per heavy atom. The zero-order valence-electron chi connectivity index (χ0n) is 16.5. The molecule has 146 valence electrons. The van der Waals surface area contributed by atoms with Crippen molar-refractivity contribution in [3.05, 3.63) is 108 Å². The fraction of sp³-hybridized carbons (Fsp3) is 0. The predicted octanol–water partition coefficient (Wildman–Crippen LogP) is 7.16. The Balaban J connectivity index is 1.59. The maximum atomic E-state index is 9.07. The molecule has 0 N–H and O–H groups in total. The number of benzene rings is 4. The van der Waals surface area contributed by atoms with Crippen molar-refractivity contribution < 1.29 is 0 Å². The Hall–Kier alpha value is -4.00. The van der Waals surface area contributed by atoms with Crippen LogP contribution in [0.4, 0.5) is 0 Å². The smallest absolute Gasteiger partial charge is 0.218 e. The summed E-state index contributed by atoms with van der Waals surface area (Å²) in [7, 11) is 0. The number of hydrogen-bond donors (Lipinski definition) is 0. The van der Waals surface area contributed by atoms with Crippen molar-refractivity contribution in [3.63, 3.8) is 0 Å². The molecular weight excluding hydrogens is 402 g/mol. The fourth-order valence-electron chi connectivity index (χ4n) is 3.69. The van der Waals surface area contributed by atoms with E-state index in [4.69, 9.17) is 16.9 Å². The van der Waals surface area contributed by atoms with Crippen LogP contribution in [0.1, 0.15) is 5.56 Å². The van der Waals surface area contributed by atoms with E-state index in [0.29, 0.717) is 5.56 Å². The van der Waals surface area contributed by atoms with E-state index >= 15 is 0 Å². The molecule has 0 saturated heterocycles. The minimum atomic E-state index is 0.201. The van der Waals surface area contributed by atoms with Crippen molar-refractivity contribution in [1.29, 1.82) is 5.26 Å². The maximum absolute atomic E-state index is 9.07. The number of fused-ring (bicyclic) bond motifs is 1. The quantitative estimate of drug-likeness (QED) is 0.293. The van der Waals surface area contributed by atoms with Crippen LogP contribution in [-0.2, 0) is 0 Å². The van der Waals surface area contributed by atoms with Gasteiger partial charge in [0.1, 0.15) is 0 Å². The second-order valence-electron chi connectivity index (χ2n) is 7.21. The SMILES string of the molecule is N#Cc1ccc(-c2nc(Cl)nc3ccc(-c4ccc(-c5ccccc5)cc4)cc23)cc1. The molecule has 0 saturated carbocycles. The van der Waals surface area contributed by atoms with Crippen molar-refractivity contribution in [2.75, 3.05) is 0 Å². The molecule has 31 heavy (non-hydrogen) atoms. The molecule has 4 heteroatoms. The van der Waals surface area contributed by atoms with E-state index < -0.39 is 0 Å². The summed E-state index contributed by atoms with van der Waals surface area (Å²) in [5, 5.41) is 10.2. The van der Waals surface area contributed by atoms with E-state index in [0.717, 1.165) is 33.3 Å². The van der Waals surface area contributed by atoms with Crippen LogP contribution in [0.2, 0.25) is 5.28 Å². The van der Waals surface area contributed by atoms with Crippen LogP contribution < -0.4 is 0 Å². The predicted molar refractivity (Wildman–Crippen MR) is 126 cm³/mol. The van der Waals surface area contributed by atoms with E-state index in [9.17, 15) is 0 Å². The van der Waals surface area contributed by atoms with Crippen LogP contribution in [0.25, 0.3) is 44.4 Å². The minimum absolute atomic E-state index is 0.201. The van der Waals surface area contributed by atoms with Crippen LogP contribution in [0.3, 0.4) is 0 Å². The summed E-state index contributed by atoms with van der Waals surface area (Å²) in [6.07, 6.45) is 0. The highest BCUT2D eigenvalue weighted by Gasteiger charge is 2.11. The van der Waals surface area contributed by atoms with Crippen molar-refractivity contribution in [1.82, 2.24) is 9.97 Å². The van der Waals surface area contributed by atoms with Gasteiger partial charge in [-0.15, -0.1) is 0 Å². The molecule has 0 bridgehead atoms. The summed E-state index contributed by atoms with van der Waals surface area (Å²) in [5.41, 5.74) is 7.59. The fourth-order valence-corrected chi connectivity index (χ4v) is 3.86. The van der Waals surface area contributed by atoms with Gasteiger partial charge in [0.05, 0.1) is 22.8 Å². The number of aromatic nitrogens is 2. The van der Waals surface area contributed by atoms with Crippen LogP contribution >= 0.6 is 11.6 Å². The summed E-state index contributed by atoms with van der Waals surface area (Å²) in [6, 6.07) is 34.4. The molecule has 0 atom stereocenters. The Labute approximate surface area is 185 Å². The Bertz CT molecular complexity index is 1420.